The molecule has 3 rings (SSSR count). The molecule has 1 N–H and O–H groups in total. The van der Waals surface area contributed by atoms with Crippen molar-refractivity contribution in [3.8, 4) is 0 Å². The summed E-state index contributed by atoms with van der Waals surface area (Å²) in [5, 5.41) is 10.7. The van der Waals surface area contributed by atoms with Gasteiger partial charge in [-0.15, -0.1) is 5.06 Å². The molecule has 0 aliphatic carbocycles. The number of aromatic nitrogens is 2. The van der Waals surface area contributed by atoms with Crippen LogP contribution in [0.2, 0.25) is 0 Å². The topological polar surface area (TPSA) is 169 Å². The minimum Gasteiger partial charge on any atom is -0.378 e. The summed E-state index contributed by atoms with van der Waals surface area (Å²) in [7, 11) is 0. The van der Waals surface area contributed by atoms with Crippen molar-refractivity contribution in [3.05, 3.63) is 23.8 Å². The monoisotopic (exact) mass is 508 g/mol. The minimum absolute atomic E-state index is 0.0546. The third kappa shape index (κ3) is 8.96. The molecule has 1 saturated heterocycles. The maximum Gasteiger partial charge on any atom is 0.335 e. The molecule has 1 aromatic heterocycles. The first kappa shape index (κ1) is 27.1. The second-order valence-corrected chi connectivity index (χ2v) is 7.47. The molecule has 0 unspecified atom stereocenters. The van der Waals surface area contributed by atoms with Gasteiger partial charge in [0, 0.05) is 24.9 Å². The van der Waals surface area contributed by atoms with Crippen LogP contribution < -0.4 is 5.32 Å². The first-order valence-corrected chi connectivity index (χ1v) is 11.4. The molecular formula is C22H28N4O10. The van der Waals surface area contributed by atoms with E-state index in [4.69, 9.17) is 23.8 Å². The summed E-state index contributed by atoms with van der Waals surface area (Å²) in [4.78, 5) is 51.1. The highest BCUT2D eigenvalue weighted by molar-refractivity contribution is 6.01. The van der Waals surface area contributed by atoms with Crippen LogP contribution in [0.5, 0.6) is 0 Å². The molecule has 36 heavy (non-hydrogen) atoms. The molecule has 2 heterocycles. The molecule has 196 valence electrons. The Balaban J connectivity index is 1.06. The Morgan fingerprint density at radius 2 is 1.42 bits per heavy atom. The lowest BCUT2D eigenvalue weighted by molar-refractivity contribution is -0.198. The number of carbonyl (C=O) groups excluding carboxylic acids is 4. The van der Waals surface area contributed by atoms with Crippen molar-refractivity contribution in [2.24, 2.45) is 0 Å². The van der Waals surface area contributed by atoms with E-state index in [9.17, 15) is 19.2 Å². The van der Waals surface area contributed by atoms with Crippen LogP contribution in [0.4, 0.5) is 0 Å². The minimum atomic E-state index is -0.708. The number of benzene rings is 1. The fourth-order valence-electron chi connectivity index (χ4n) is 2.98. The Morgan fingerprint density at radius 3 is 2.08 bits per heavy atom. The van der Waals surface area contributed by atoms with Gasteiger partial charge in [-0.05, 0) is 28.5 Å². The Morgan fingerprint density at radius 1 is 0.833 bits per heavy atom. The second-order valence-electron chi connectivity index (χ2n) is 7.47. The van der Waals surface area contributed by atoms with Crippen molar-refractivity contribution in [2.45, 2.75) is 19.3 Å². The number of hydrogen-bond donors (Lipinski definition) is 1. The van der Waals surface area contributed by atoms with Gasteiger partial charge >= 0.3 is 5.97 Å². The third-order valence-corrected chi connectivity index (χ3v) is 4.81. The van der Waals surface area contributed by atoms with Crippen molar-refractivity contribution in [3.63, 3.8) is 0 Å². The molecule has 3 amide bonds. The highest BCUT2D eigenvalue weighted by atomic mass is 16.7. The first-order valence-electron chi connectivity index (χ1n) is 11.4. The van der Waals surface area contributed by atoms with Gasteiger partial charge in [0.2, 0.25) is 0 Å². The fraction of sp³-hybridized carbons (Fsp3) is 0.545. The molecule has 0 radical (unpaired) electrons. The molecule has 0 bridgehead atoms. The SMILES string of the molecule is O=C(CCOCCOCCOCCOCCNC(=O)c1ccc2nonc2c1)ON1C(=O)CCC1=O. The molecule has 0 spiro atoms. The lowest BCUT2D eigenvalue weighted by atomic mass is 10.2. The van der Waals surface area contributed by atoms with E-state index in [1.54, 1.807) is 18.2 Å². The van der Waals surface area contributed by atoms with E-state index in [0.717, 1.165) is 0 Å². The predicted molar refractivity (Wildman–Crippen MR) is 119 cm³/mol. The van der Waals surface area contributed by atoms with Gasteiger partial charge in [0.1, 0.15) is 11.0 Å². The Labute approximate surface area is 206 Å². The third-order valence-electron chi connectivity index (χ3n) is 4.81. The van der Waals surface area contributed by atoms with Crippen LogP contribution in [-0.2, 0) is 38.2 Å². The molecule has 1 aliphatic rings. The molecule has 14 nitrogen and oxygen atoms in total. The molecule has 1 aliphatic heterocycles. The predicted octanol–water partition coefficient (Wildman–Crippen LogP) is 0.0163. The zero-order valence-corrected chi connectivity index (χ0v) is 19.6. The van der Waals surface area contributed by atoms with Gasteiger partial charge in [-0.2, -0.15) is 0 Å². The van der Waals surface area contributed by atoms with Crippen LogP contribution in [-0.4, -0.2) is 98.5 Å². The van der Waals surface area contributed by atoms with Crippen molar-refractivity contribution in [2.75, 3.05) is 59.4 Å². The quantitative estimate of drug-likeness (QED) is 0.225. The Kier molecular flexibility index (Phi) is 11.2. The maximum atomic E-state index is 12.1. The normalized spacial score (nSPS) is 13.5. The molecule has 2 aromatic rings. The van der Waals surface area contributed by atoms with E-state index in [-0.39, 0.29) is 38.4 Å². The summed E-state index contributed by atoms with van der Waals surface area (Å²) < 4.78 is 26.0. The summed E-state index contributed by atoms with van der Waals surface area (Å²) in [5.41, 5.74) is 1.56. The number of nitrogens with one attached hydrogen (secondary N) is 1. The van der Waals surface area contributed by atoms with Gasteiger partial charge in [0.15, 0.2) is 0 Å². The Bertz CT molecular complexity index is 1010. The number of rotatable bonds is 17. The molecule has 14 heteroatoms. The van der Waals surface area contributed by atoms with Gasteiger partial charge in [0.25, 0.3) is 17.7 Å². The number of ether oxygens (including phenoxy) is 4. The summed E-state index contributed by atoms with van der Waals surface area (Å²) in [6.45, 7) is 2.87. The summed E-state index contributed by atoms with van der Waals surface area (Å²) >= 11 is 0. The highest BCUT2D eigenvalue weighted by Crippen LogP contribution is 2.13. The summed E-state index contributed by atoms with van der Waals surface area (Å²) in [5.74, 6) is -1.98. The van der Waals surface area contributed by atoms with E-state index >= 15 is 0 Å². The van der Waals surface area contributed by atoms with Crippen molar-refractivity contribution < 1.29 is 47.6 Å². The van der Waals surface area contributed by atoms with Crippen molar-refractivity contribution in [1.29, 1.82) is 0 Å². The van der Waals surface area contributed by atoms with Gasteiger partial charge < -0.3 is 29.1 Å². The number of hydroxylamine groups is 2. The summed E-state index contributed by atoms with van der Waals surface area (Å²) in [6, 6.07) is 4.91. The molecule has 0 saturated carbocycles. The van der Waals surface area contributed by atoms with E-state index in [0.29, 0.717) is 67.8 Å². The van der Waals surface area contributed by atoms with Crippen molar-refractivity contribution >= 4 is 34.7 Å². The average Bonchev–Trinajstić information content (AvgIpc) is 3.47. The van der Waals surface area contributed by atoms with Gasteiger partial charge in [-0.3, -0.25) is 14.4 Å². The number of hydrogen-bond acceptors (Lipinski definition) is 12. The average molecular weight is 508 g/mol. The first-order chi connectivity index (χ1) is 17.5. The van der Waals surface area contributed by atoms with Gasteiger partial charge in [-0.1, -0.05) is 0 Å². The highest BCUT2D eigenvalue weighted by Gasteiger charge is 2.32. The molecule has 1 fully saturated rings. The molecule has 0 atom stereocenters. The largest absolute Gasteiger partial charge is 0.378 e. The van der Waals surface area contributed by atoms with Crippen LogP contribution in [0.3, 0.4) is 0 Å². The second kappa shape index (κ2) is 14.8. The van der Waals surface area contributed by atoms with E-state index < -0.39 is 17.8 Å². The smallest absolute Gasteiger partial charge is 0.335 e. The van der Waals surface area contributed by atoms with Crippen LogP contribution in [0.25, 0.3) is 11.0 Å². The van der Waals surface area contributed by atoms with Crippen molar-refractivity contribution in [1.82, 2.24) is 20.7 Å². The number of imide groups is 1. The van der Waals surface area contributed by atoms with Crippen LogP contribution in [0.1, 0.15) is 29.6 Å². The Hall–Kier alpha value is -3.46. The van der Waals surface area contributed by atoms with Crippen LogP contribution >= 0.6 is 0 Å². The van der Waals surface area contributed by atoms with E-state index in [1.807, 2.05) is 0 Å². The lowest BCUT2D eigenvalue weighted by Crippen LogP contribution is -2.32. The van der Waals surface area contributed by atoms with Crippen LogP contribution in [0.15, 0.2) is 22.8 Å². The van der Waals surface area contributed by atoms with Gasteiger partial charge in [0.05, 0.1) is 59.3 Å². The summed E-state index contributed by atoms with van der Waals surface area (Å²) in [6.07, 6.45) is 0.0259. The standard InChI is InChI=1S/C22H28N4O10/c27-19-3-4-20(28)26(19)35-21(29)5-7-31-9-11-33-13-14-34-12-10-32-8-6-23-22(30)16-1-2-17-18(15-16)25-36-24-17/h1-2,15H,3-14H2,(H,23,30). The molecular weight excluding hydrogens is 480 g/mol. The number of amides is 3. The zero-order valence-electron chi connectivity index (χ0n) is 19.6. The molecule has 1 aromatic carbocycles. The van der Waals surface area contributed by atoms with E-state index in [2.05, 4.69) is 20.3 Å². The van der Waals surface area contributed by atoms with E-state index in [1.165, 1.54) is 0 Å². The van der Waals surface area contributed by atoms with Gasteiger partial charge in [-0.25, -0.2) is 9.42 Å². The number of fused-ring (bicyclic) bond motifs is 1. The van der Waals surface area contributed by atoms with Crippen LogP contribution in [0, 0.1) is 0 Å². The zero-order chi connectivity index (χ0) is 25.6. The number of nitrogens with zero attached hydrogens (tertiary/aromatic N) is 3. The maximum absolute atomic E-state index is 12.1. The number of carbonyl (C=O) groups is 4. The fourth-order valence-corrected chi connectivity index (χ4v) is 2.98. The lowest BCUT2D eigenvalue weighted by Gasteiger charge is -2.12.